The molecule has 112 valence electrons. The number of imide groups is 1. The fraction of sp³-hybridized carbons (Fsp3) is 0.286. The van der Waals surface area contributed by atoms with E-state index in [1.165, 1.54) is 12.0 Å². The van der Waals surface area contributed by atoms with E-state index in [-0.39, 0.29) is 16.9 Å². The summed E-state index contributed by atoms with van der Waals surface area (Å²) in [7, 11) is 1.44. The average Bonchev–Trinajstić information content (AvgIpc) is 2.70. The van der Waals surface area contributed by atoms with Crippen molar-refractivity contribution in [3.63, 3.8) is 0 Å². The van der Waals surface area contributed by atoms with E-state index in [0.717, 1.165) is 18.2 Å². The predicted octanol–water partition coefficient (Wildman–Crippen LogP) is 3.61. The van der Waals surface area contributed by atoms with Crippen LogP contribution in [-0.4, -0.2) is 34.8 Å². The van der Waals surface area contributed by atoms with Crippen LogP contribution in [0.25, 0.3) is 6.08 Å². The van der Waals surface area contributed by atoms with Crippen LogP contribution in [0.2, 0.25) is 0 Å². The number of carbonyl (C=O) groups is 2. The lowest BCUT2D eigenvalue weighted by molar-refractivity contribution is -0.122. The Morgan fingerprint density at radius 3 is 2.76 bits per heavy atom. The molecule has 0 spiro atoms. The fourth-order valence-corrected chi connectivity index (χ4v) is 3.23. The van der Waals surface area contributed by atoms with Crippen LogP contribution in [0.5, 0.6) is 11.5 Å². The van der Waals surface area contributed by atoms with Crippen LogP contribution in [0.3, 0.4) is 0 Å². The lowest BCUT2D eigenvalue weighted by Gasteiger charge is -2.09. The number of methoxy groups -OCH3 is 1. The van der Waals surface area contributed by atoms with E-state index in [4.69, 9.17) is 4.74 Å². The van der Waals surface area contributed by atoms with Gasteiger partial charge >= 0.3 is 0 Å². The lowest BCUT2D eigenvalue weighted by Crippen LogP contribution is -2.28. The third-order valence-corrected chi connectivity index (χ3v) is 4.40. The summed E-state index contributed by atoms with van der Waals surface area (Å²) in [5, 5.41) is 9.51. The number of carbonyl (C=O) groups excluding carboxylic acids is 2. The zero-order valence-electron chi connectivity index (χ0n) is 11.6. The van der Waals surface area contributed by atoms with Crippen molar-refractivity contribution >= 4 is 44.9 Å². The summed E-state index contributed by atoms with van der Waals surface area (Å²) >= 11 is 4.14. The van der Waals surface area contributed by atoms with Crippen LogP contribution in [0.15, 0.2) is 21.5 Å². The van der Waals surface area contributed by atoms with Gasteiger partial charge in [-0.3, -0.25) is 14.5 Å². The fourth-order valence-electron chi connectivity index (χ4n) is 1.90. The molecular formula is C14H14BrNO4S. The minimum Gasteiger partial charge on any atom is -0.503 e. The first kappa shape index (κ1) is 15.9. The van der Waals surface area contributed by atoms with Crippen molar-refractivity contribution in [2.24, 2.45) is 0 Å². The standard InChI is InChI=1S/C14H14BrNO4S/c1-3-4-16-13(18)11(21-14(16)19)7-8-5-9(15)12(17)10(6-8)20-2/h5-7,17H,3-4H2,1-2H3. The van der Waals surface area contributed by atoms with E-state index < -0.39 is 0 Å². The van der Waals surface area contributed by atoms with Gasteiger partial charge in [0.25, 0.3) is 11.1 Å². The molecule has 1 heterocycles. The highest BCUT2D eigenvalue weighted by Crippen LogP contribution is 2.38. The van der Waals surface area contributed by atoms with Gasteiger partial charge in [0.1, 0.15) is 0 Å². The van der Waals surface area contributed by atoms with Gasteiger partial charge < -0.3 is 9.84 Å². The van der Waals surface area contributed by atoms with E-state index in [1.807, 2.05) is 6.92 Å². The second-order valence-electron chi connectivity index (χ2n) is 4.39. The van der Waals surface area contributed by atoms with Crippen LogP contribution < -0.4 is 4.74 Å². The maximum atomic E-state index is 12.1. The number of halogens is 1. The number of hydrogen-bond acceptors (Lipinski definition) is 5. The van der Waals surface area contributed by atoms with Crippen molar-refractivity contribution in [1.29, 1.82) is 0 Å². The second-order valence-corrected chi connectivity index (χ2v) is 6.23. The minimum absolute atomic E-state index is 0.00580. The zero-order valence-corrected chi connectivity index (χ0v) is 14.0. The summed E-state index contributed by atoms with van der Waals surface area (Å²) in [6.45, 7) is 2.33. The monoisotopic (exact) mass is 371 g/mol. The molecule has 1 N–H and O–H groups in total. The van der Waals surface area contributed by atoms with Crippen molar-refractivity contribution in [2.75, 3.05) is 13.7 Å². The van der Waals surface area contributed by atoms with Crippen LogP contribution in [-0.2, 0) is 4.79 Å². The molecule has 1 aliphatic heterocycles. The van der Waals surface area contributed by atoms with Crippen LogP contribution in [0.4, 0.5) is 4.79 Å². The molecule has 2 amide bonds. The van der Waals surface area contributed by atoms with Crippen molar-refractivity contribution in [3.05, 3.63) is 27.1 Å². The molecule has 0 aromatic heterocycles. The molecule has 1 aliphatic rings. The second kappa shape index (κ2) is 6.53. The van der Waals surface area contributed by atoms with Gasteiger partial charge in [-0.2, -0.15) is 0 Å². The number of amides is 2. The number of ether oxygens (including phenoxy) is 1. The Morgan fingerprint density at radius 1 is 1.43 bits per heavy atom. The molecule has 0 saturated carbocycles. The van der Waals surface area contributed by atoms with Crippen LogP contribution >= 0.6 is 27.7 Å². The largest absolute Gasteiger partial charge is 0.503 e. The van der Waals surface area contributed by atoms with Crippen molar-refractivity contribution < 1.29 is 19.4 Å². The number of benzene rings is 1. The van der Waals surface area contributed by atoms with Crippen LogP contribution in [0, 0.1) is 0 Å². The first-order chi connectivity index (χ1) is 9.97. The molecule has 7 heteroatoms. The number of aromatic hydroxyl groups is 1. The number of rotatable bonds is 4. The predicted molar refractivity (Wildman–Crippen MR) is 85.3 cm³/mol. The third-order valence-electron chi connectivity index (χ3n) is 2.89. The Labute approximate surface area is 135 Å². The van der Waals surface area contributed by atoms with Gasteiger partial charge in [-0.1, -0.05) is 6.92 Å². The molecule has 0 bridgehead atoms. The topological polar surface area (TPSA) is 66.8 Å². The van der Waals surface area contributed by atoms with Crippen LogP contribution in [0.1, 0.15) is 18.9 Å². The maximum Gasteiger partial charge on any atom is 0.293 e. The summed E-state index contributed by atoms with van der Waals surface area (Å²) in [5.41, 5.74) is 0.665. The Kier molecular flexibility index (Phi) is 4.95. The first-order valence-electron chi connectivity index (χ1n) is 6.29. The molecule has 1 fully saturated rings. The van der Waals surface area contributed by atoms with Gasteiger partial charge in [-0.15, -0.1) is 0 Å². The van der Waals surface area contributed by atoms with E-state index in [2.05, 4.69) is 15.9 Å². The van der Waals surface area contributed by atoms with Gasteiger partial charge in [0, 0.05) is 6.54 Å². The zero-order chi connectivity index (χ0) is 15.6. The number of phenolic OH excluding ortho intramolecular Hbond substituents is 1. The SMILES string of the molecule is CCCN1C(=O)SC(=Cc2cc(Br)c(O)c(OC)c2)C1=O. The molecular weight excluding hydrogens is 358 g/mol. The minimum atomic E-state index is -0.282. The molecule has 0 radical (unpaired) electrons. The summed E-state index contributed by atoms with van der Waals surface area (Å²) < 4.78 is 5.52. The van der Waals surface area contributed by atoms with Crippen molar-refractivity contribution in [1.82, 2.24) is 4.90 Å². The number of phenols is 1. The Bertz CT molecular complexity index is 630. The highest BCUT2D eigenvalue weighted by Gasteiger charge is 2.34. The molecule has 2 rings (SSSR count). The highest BCUT2D eigenvalue weighted by atomic mass is 79.9. The molecule has 21 heavy (non-hydrogen) atoms. The van der Waals surface area contributed by atoms with E-state index in [1.54, 1.807) is 18.2 Å². The Hall–Kier alpha value is -1.47. The van der Waals surface area contributed by atoms with E-state index in [9.17, 15) is 14.7 Å². The van der Waals surface area contributed by atoms with Gasteiger partial charge in [0.05, 0.1) is 16.5 Å². The summed E-state index contributed by atoms with van der Waals surface area (Å²) in [4.78, 5) is 25.5. The number of nitrogens with zero attached hydrogens (tertiary/aromatic N) is 1. The van der Waals surface area contributed by atoms with Gasteiger partial charge in [-0.25, -0.2) is 0 Å². The van der Waals surface area contributed by atoms with Gasteiger partial charge in [-0.05, 0) is 57.9 Å². The molecule has 1 aromatic rings. The van der Waals surface area contributed by atoms with Gasteiger partial charge in [0.15, 0.2) is 11.5 Å². The molecule has 0 atom stereocenters. The average molecular weight is 372 g/mol. The van der Waals surface area contributed by atoms with Crippen molar-refractivity contribution in [3.8, 4) is 11.5 Å². The smallest absolute Gasteiger partial charge is 0.293 e. The molecule has 1 saturated heterocycles. The highest BCUT2D eigenvalue weighted by molar-refractivity contribution is 9.10. The summed E-state index contributed by atoms with van der Waals surface area (Å²) in [6, 6.07) is 3.26. The maximum absolute atomic E-state index is 12.1. The molecule has 0 aliphatic carbocycles. The van der Waals surface area contributed by atoms with Gasteiger partial charge in [0.2, 0.25) is 0 Å². The quantitative estimate of drug-likeness (QED) is 0.818. The van der Waals surface area contributed by atoms with Crippen molar-refractivity contribution in [2.45, 2.75) is 13.3 Å². The summed E-state index contributed by atoms with van der Waals surface area (Å²) in [6.07, 6.45) is 2.34. The first-order valence-corrected chi connectivity index (χ1v) is 7.90. The molecule has 1 aromatic carbocycles. The normalized spacial score (nSPS) is 16.9. The number of hydrogen-bond donors (Lipinski definition) is 1. The number of thioether (sulfide) groups is 1. The Morgan fingerprint density at radius 2 is 2.14 bits per heavy atom. The van der Waals surface area contributed by atoms with E-state index >= 15 is 0 Å². The lowest BCUT2D eigenvalue weighted by atomic mass is 10.2. The third kappa shape index (κ3) is 3.24. The molecule has 5 nitrogen and oxygen atoms in total. The molecule has 0 unspecified atom stereocenters. The summed E-state index contributed by atoms with van der Waals surface area (Å²) in [5.74, 6) is 0.00663. The Balaban J connectivity index is 2.35. The van der Waals surface area contributed by atoms with E-state index in [0.29, 0.717) is 27.2 Å².